The van der Waals surface area contributed by atoms with Gasteiger partial charge in [-0.25, -0.2) is 0 Å². The summed E-state index contributed by atoms with van der Waals surface area (Å²) in [6.45, 7) is -2.57. The molecular formula is C20H16F2N2O3. The maximum absolute atomic E-state index is 13.0. The summed E-state index contributed by atoms with van der Waals surface area (Å²) in [5.74, 6) is 0.0443. The predicted molar refractivity (Wildman–Crippen MR) is 95.0 cm³/mol. The Morgan fingerprint density at radius 2 is 1.96 bits per heavy atom. The van der Waals surface area contributed by atoms with E-state index in [4.69, 9.17) is 4.52 Å². The molecule has 1 aliphatic heterocycles. The fraction of sp³-hybridized carbons (Fsp3) is 0.200. The molecule has 0 fully saturated rings. The van der Waals surface area contributed by atoms with Gasteiger partial charge in [0.2, 0.25) is 0 Å². The topological polar surface area (TPSA) is 55.6 Å². The van der Waals surface area contributed by atoms with Gasteiger partial charge in [0.05, 0.1) is 5.69 Å². The van der Waals surface area contributed by atoms with Gasteiger partial charge in [-0.3, -0.25) is 4.79 Å². The molecule has 2 heterocycles. The molecule has 1 amide bonds. The number of carbonyl (C=O) groups is 1. The number of amides is 1. The minimum atomic E-state index is -2.97. The number of halogens is 2. The number of anilines is 1. The summed E-state index contributed by atoms with van der Waals surface area (Å²) in [6.07, 6.45) is 1.41. The van der Waals surface area contributed by atoms with Crippen molar-refractivity contribution in [3.8, 4) is 17.1 Å². The molecule has 3 aromatic rings. The number of carbonyl (C=O) groups excluding carboxylic acids is 1. The van der Waals surface area contributed by atoms with Gasteiger partial charge in [-0.1, -0.05) is 47.6 Å². The highest BCUT2D eigenvalue weighted by Gasteiger charge is 2.29. The summed E-state index contributed by atoms with van der Waals surface area (Å²) < 4.78 is 35.5. The minimum Gasteiger partial charge on any atom is -0.433 e. The lowest BCUT2D eigenvalue weighted by atomic mass is 10.0. The van der Waals surface area contributed by atoms with Crippen LogP contribution in [0.1, 0.15) is 22.5 Å². The molecule has 7 heteroatoms. The Bertz CT molecular complexity index is 957. The number of aromatic nitrogens is 1. The Morgan fingerprint density at radius 1 is 1.15 bits per heavy atom. The van der Waals surface area contributed by atoms with Gasteiger partial charge in [0.25, 0.3) is 5.91 Å². The maximum Gasteiger partial charge on any atom is 0.387 e. The van der Waals surface area contributed by atoms with Gasteiger partial charge in [-0.15, -0.1) is 0 Å². The second kappa shape index (κ2) is 7.19. The lowest BCUT2D eigenvalue weighted by Crippen LogP contribution is -2.36. The molecule has 0 saturated carbocycles. The molecule has 0 unspecified atom stereocenters. The number of para-hydroxylation sites is 1. The number of aryl methyl sites for hydroxylation is 1. The molecule has 0 aliphatic carbocycles. The molecule has 27 heavy (non-hydrogen) atoms. The first-order valence-electron chi connectivity index (χ1n) is 8.54. The van der Waals surface area contributed by atoms with Crippen molar-refractivity contribution in [1.82, 2.24) is 5.16 Å². The standard InChI is InChI=1S/C20H16F2N2O3/c21-20(22)26-16-10-4-8-14-9-5-11-24(18(14)16)19(25)15-12-17(27-23-15)13-6-2-1-3-7-13/h1-4,6-8,10,12,20H,5,9,11H2. The quantitative estimate of drug-likeness (QED) is 0.677. The summed E-state index contributed by atoms with van der Waals surface area (Å²) in [4.78, 5) is 14.4. The molecule has 1 aliphatic rings. The van der Waals surface area contributed by atoms with E-state index in [9.17, 15) is 13.6 Å². The van der Waals surface area contributed by atoms with Crippen LogP contribution in [0, 0.1) is 0 Å². The van der Waals surface area contributed by atoms with Crippen LogP contribution in [0.5, 0.6) is 5.75 Å². The van der Waals surface area contributed by atoms with Crippen LogP contribution in [-0.2, 0) is 6.42 Å². The SMILES string of the molecule is O=C(c1cc(-c2ccccc2)on1)N1CCCc2cccc(OC(F)F)c21. The van der Waals surface area contributed by atoms with Crippen molar-refractivity contribution < 1.29 is 22.8 Å². The van der Waals surface area contributed by atoms with Gasteiger partial charge in [0.15, 0.2) is 11.5 Å². The minimum absolute atomic E-state index is 0.0117. The lowest BCUT2D eigenvalue weighted by Gasteiger charge is -2.30. The van der Waals surface area contributed by atoms with Gasteiger partial charge in [-0.05, 0) is 24.5 Å². The summed E-state index contributed by atoms with van der Waals surface area (Å²) in [5.41, 5.74) is 2.08. The van der Waals surface area contributed by atoms with Crippen LogP contribution in [0.3, 0.4) is 0 Å². The molecule has 4 rings (SSSR count). The highest BCUT2D eigenvalue weighted by atomic mass is 19.3. The normalized spacial score (nSPS) is 13.5. The monoisotopic (exact) mass is 370 g/mol. The predicted octanol–water partition coefficient (Wildman–Crippen LogP) is 4.54. The van der Waals surface area contributed by atoms with E-state index in [1.807, 2.05) is 36.4 Å². The van der Waals surface area contributed by atoms with E-state index in [2.05, 4.69) is 9.89 Å². The molecule has 0 bridgehead atoms. The molecule has 0 N–H and O–H groups in total. The molecular weight excluding hydrogens is 354 g/mol. The summed E-state index contributed by atoms with van der Waals surface area (Å²) in [5, 5.41) is 3.88. The Morgan fingerprint density at radius 3 is 2.74 bits per heavy atom. The molecule has 5 nitrogen and oxygen atoms in total. The molecule has 0 radical (unpaired) electrons. The second-order valence-corrected chi connectivity index (χ2v) is 6.15. The first kappa shape index (κ1) is 17.2. The number of fused-ring (bicyclic) bond motifs is 1. The molecule has 0 atom stereocenters. The van der Waals surface area contributed by atoms with E-state index in [1.165, 1.54) is 11.0 Å². The van der Waals surface area contributed by atoms with Crippen LogP contribution in [-0.4, -0.2) is 24.2 Å². The van der Waals surface area contributed by atoms with E-state index in [0.717, 1.165) is 17.5 Å². The van der Waals surface area contributed by atoms with Crippen molar-refractivity contribution >= 4 is 11.6 Å². The number of benzene rings is 2. The van der Waals surface area contributed by atoms with E-state index in [-0.39, 0.29) is 11.4 Å². The van der Waals surface area contributed by atoms with Crippen LogP contribution in [0.2, 0.25) is 0 Å². The van der Waals surface area contributed by atoms with Crippen molar-refractivity contribution in [3.05, 3.63) is 65.9 Å². The number of hydrogen-bond acceptors (Lipinski definition) is 4. The Kier molecular flexibility index (Phi) is 4.58. The zero-order valence-electron chi connectivity index (χ0n) is 14.3. The summed E-state index contributed by atoms with van der Waals surface area (Å²) in [6, 6.07) is 15.7. The number of ether oxygens (including phenoxy) is 1. The van der Waals surface area contributed by atoms with E-state index in [0.29, 0.717) is 24.4 Å². The smallest absolute Gasteiger partial charge is 0.387 e. The Hall–Kier alpha value is -3.22. The summed E-state index contributed by atoms with van der Waals surface area (Å²) in [7, 11) is 0. The van der Waals surface area contributed by atoms with Crippen molar-refractivity contribution in [2.45, 2.75) is 19.5 Å². The van der Waals surface area contributed by atoms with Gasteiger partial charge in [-0.2, -0.15) is 8.78 Å². The Balaban J connectivity index is 1.68. The lowest BCUT2D eigenvalue weighted by molar-refractivity contribution is -0.0495. The van der Waals surface area contributed by atoms with Crippen molar-refractivity contribution in [2.24, 2.45) is 0 Å². The fourth-order valence-corrected chi connectivity index (χ4v) is 3.26. The highest BCUT2D eigenvalue weighted by Crippen LogP contribution is 2.38. The number of hydrogen-bond donors (Lipinski definition) is 0. The molecule has 0 spiro atoms. The van der Waals surface area contributed by atoms with Gasteiger partial charge >= 0.3 is 6.61 Å². The van der Waals surface area contributed by atoms with Crippen molar-refractivity contribution in [3.63, 3.8) is 0 Å². The molecule has 0 saturated heterocycles. The van der Waals surface area contributed by atoms with Crippen LogP contribution in [0.4, 0.5) is 14.5 Å². The zero-order valence-corrected chi connectivity index (χ0v) is 14.3. The van der Waals surface area contributed by atoms with Crippen molar-refractivity contribution in [2.75, 3.05) is 11.4 Å². The molecule has 1 aromatic heterocycles. The molecule has 138 valence electrons. The van der Waals surface area contributed by atoms with E-state index >= 15 is 0 Å². The van der Waals surface area contributed by atoms with Gasteiger partial charge in [0.1, 0.15) is 5.75 Å². The number of rotatable bonds is 4. The third-order valence-electron chi connectivity index (χ3n) is 4.43. The zero-order chi connectivity index (χ0) is 18.8. The average Bonchev–Trinajstić information content (AvgIpc) is 3.18. The van der Waals surface area contributed by atoms with Crippen LogP contribution >= 0.6 is 0 Å². The van der Waals surface area contributed by atoms with Crippen LogP contribution < -0.4 is 9.64 Å². The number of nitrogens with zero attached hydrogens (tertiary/aromatic N) is 2. The van der Waals surface area contributed by atoms with E-state index < -0.39 is 12.5 Å². The first-order valence-corrected chi connectivity index (χ1v) is 8.54. The maximum atomic E-state index is 13.0. The van der Waals surface area contributed by atoms with Crippen LogP contribution in [0.15, 0.2) is 59.1 Å². The third-order valence-corrected chi connectivity index (χ3v) is 4.43. The van der Waals surface area contributed by atoms with Gasteiger partial charge < -0.3 is 14.2 Å². The van der Waals surface area contributed by atoms with Crippen molar-refractivity contribution in [1.29, 1.82) is 0 Å². The highest BCUT2D eigenvalue weighted by molar-refractivity contribution is 6.06. The third kappa shape index (κ3) is 3.40. The molecule has 2 aromatic carbocycles. The average molecular weight is 370 g/mol. The van der Waals surface area contributed by atoms with Crippen LogP contribution in [0.25, 0.3) is 11.3 Å². The van der Waals surface area contributed by atoms with Gasteiger partial charge in [0, 0.05) is 18.2 Å². The largest absolute Gasteiger partial charge is 0.433 e. The fourth-order valence-electron chi connectivity index (χ4n) is 3.26. The number of alkyl halides is 2. The van der Waals surface area contributed by atoms with E-state index in [1.54, 1.807) is 12.1 Å². The first-order chi connectivity index (χ1) is 13.1. The second-order valence-electron chi connectivity index (χ2n) is 6.15. The summed E-state index contributed by atoms with van der Waals surface area (Å²) >= 11 is 0. The Labute approximate surface area is 154 Å².